The summed E-state index contributed by atoms with van der Waals surface area (Å²) in [5.74, 6) is -0.178. The van der Waals surface area contributed by atoms with E-state index < -0.39 is 17.8 Å². The van der Waals surface area contributed by atoms with Gasteiger partial charge in [0.1, 0.15) is 6.33 Å². The number of carbonyl (C=O) groups excluding carboxylic acids is 1. The van der Waals surface area contributed by atoms with Crippen LogP contribution in [-0.4, -0.2) is 26.4 Å². The van der Waals surface area contributed by atoms with E-state index in [2.05, 4.69) is 15.5 Å². The lowest BCUT2D eigenvalue weighted by Gasteiger charge is -2.16. The first kappa shape index (κ1) is 19.3. The zero-order valence-electron chi connectivity index (χ0n) is 14.0. The molecule has 2 aromatic rings. The van der Waals surface area contributed by atoms with Gasteiger partial charge in [0, 0.05) is 6.04 Å². The van der Waals surface area contributed by atoms with Crippen LogP contribution in [0.3, 0.4) is 0 Å². The van der Waals surface area contributed by atoms with Gasteiger partial charge in [-0.3, -0.25) is 4.79 Å². The van der Waals surface area contributed by atoms with Crippen LogP contribution in [0.15, 0.2) is 35.7 Å². The number of thioether (sulfide) groups is 1. The summed E-state index contributed by atoms with van der Waals surface area (Å²) in [6, 6.07) is 4.59. The predicted octanol–water partition coefficient (Wildman–Crippen LogP) is 3.85. The zero-order chi connectivity index (χ0) is 18.6. The van der Waals surface area contributed by atoms with Gasteiger partial charge in [-0.1, -0.05) is 23.9 Å². The molecule has 0 aliphatic carbocycles. The second-order valence-corrected chi connectivity index (χ2v) is 6.76. The predicted molar refractivity (Wildman–Crippen MR) is 89.1 cm³/mol. The van der Waals surface area contributed by atoms with Gasteiger partial charge in [0.25, 0.3) is 0 Å². The normalized spacial score (nSPS) is 13.1. The van der Waals surface area contributed by atoms with Crippen molar-refractivity contribution in [2.75, 3.05) is 5.75 Å². The van der Waals surface area contributed by atoms with Gasteiger partial charge in [0.15, 0.2) is 5.16 Å². The Labute approximate surface area is 148 Å². The first-order valence-corrected chi connectivity index (χ1v) is 8.66. The van der Waals surface area contributed by atoms with Gasteiger partial charge in [0.2, 0.25) is 5.91 Å². The highest BCUT2D eigenvalue weighted by molar-refractivity contribution is 7.99. The molecule has 1 amide bonds. The highest BCUT2D eigenvalue weighted by Gasteiger charge is 2.30. The molecule has 0 radical (unpaired) electrons. The molecule has 1 N–H and O–H groups in total. The molecule has 136 valence electrons. The van der Waals surface area contributed by atoms with Crippen molar-refractivity contribution in [2.45, 2.75) is 44.2 Å². The first-order chi connectivity index (χ1) is 11.7. The summed E-state index contributed by atoms with van der Waals surface area (Å²) < 4.78 is 40.1. The van der Waals surface area contributed by atoms with E-state index >= 15 is 0 Å². The van der Waals surface area contributed by atoms with Crippen molar-refractivity contribution in [1.29, 1.82) is 0 Å². The van der Waals surface area contributed by atoms with Crippen molar-refractivity contribution in [3.63, 3.8) is 0 Å². The maximum absolute atomic E-state index is 12.8. The summed E-state index contributed by atoms with van der Waals surface area (Å²) in [4.78, 5) is 12.1. The number of amides is 1. The Morgan fingerprint density at radius 2 is 2.04 bits per heavy atom. The van der Waals surface area contributed by atoms with Crippen LogP contribution in [-0.2, 0) is 11.0 Å². The molecule has 9 heteroatoms. The Kier molecular flexibility index (Phi) is 6.10. The summed E-state index contributed by atoms with van der Waals surface area (Å²) in [5.41, 5.74) is -0.330. The fraction of sp³-hybridized carbons (Fsp3) is 0.438. The van der Waals surface area contributed by atoms with Gasteiger partial charge in [-0.2, -0.15) is 13.2 Å². The van der Waals surface area contributed by atoms with Crippen molar-refractivity contribution < 1.29 is 18.0 Å². The van der Waals surface area contributed by atoms with Crippen LogP contribution in [0.2, 0.25) is 0 Å². The molecule has 1 heterocycles. The van der Waals surface area contributed by atoms with E-state index in [-0.39, 0.29) is 17.7 Å². The van der Waals surface area contributed by atoms with E-state index in [9.17, 15) is 18.0 Å². The Balaban J connectivity index is 1.95. The van der Waals surface area contributed by atoms with Crippen molar-refractivity contribution in [1.82, 2.24) is 20.1 Å². The topological polar surface area (TPSA) is 59.8 Å². The minimum Gasteiger partial charge on any atom is -0.349 e. The molecular weight excluding hydrogens is 353 g/mol. The van der Waals surface area contributed by atoms with Gasteiger partial charge in [-0.05, 0) is 38.5 Å². The third-order valence-electron chi connectivity index (χ3n) is 3.52. The number of rotatable bonds is 6. The number of hydrogen-bond donors (Lipinski definition) is 1. The molecule has 0 fully saturated rings. The van der Waals surface area contributed by atoms with Crippen LogP contribution < -0.4 is 5.32 Å². The van der Waals surface area contributed by atoms with Crippen molar-refractivity contribution in [3.8, 4) is 0 Å². The summed E-state index contributed by atoms with van der Waals surface area (Å²) >= 11 is 1.23. The van der Waals surface area contributed by atoms with Gasteiger partial charge in [-0.25, -0.2) is 0 Å². The summed E-state index contributed by atoms with van der Waals surface area (Å²) in [5, 5.41) is 11.1. The summed E-state index contributed by atoms with van der Waals surface area (Å²) in [7, 11) is 0. The van der Waals surface area contributed by atoms with E-state index in [1.54, 1.807) is 19.3 Å². The second kappa shape index (κ2) is 7.90. The van der Waals surface area contributed by atoms with E-state index in [0.717, 1.165) is 12.1 Å². The number of nitrogens with one attached hydrogen (secondary N) is 1. The van der Waals surface area contributed by atoms with Crippen molar-refractivity contribution in [2.24, 2.45) is 0 Å². The maximum Gasteiger partial charge on any atom is 0.416 e. The number of nitrogens with zero attached hydrogens (tertiary/aromatic N) is 3. The molecule has 0 spiro atoms. The smallest absolute Gasteiger partial charge is 0.349 e. The number of benzene rings is 1. The van der Waals surface area contributed by atoms with E-state index in [4.69, 9.17) is 0 Å². The van der Waals surface area contributed by atoms with Crippen LogP contribution in [0.4, 0.5) is 13.2 Å². The molecule has 5 nitrogen and oxygen atoms in total. The Morgan fingerprint density at radius 1 is 1.32 bits per heavy atom. The fourth-order valence-electron chi connectivity index (χ4n) is 2.17. The Bertz CT molecular complexity index is 730. The molecule has 0 aliphatic heterocycles. The highest BCUT2D eigenvalue weighted by Crippen LogP contribution is 2.30. The number of alkyl halides is 3. The molecule has 25 heavy (non-hydrogen) atoms. The molecule has 1 atom stereocenters. The van der Waals surface area contributed by atoms with E-state index in [0.29, 0.717) is 10.7 Å². The summed E-state index contributed by atoms with van der Waals surface area (Å²) in [6.07, 6.45) is -2.81. The first-order valence-electron chi connectivity index (χ1n) is 7.67. The minimum atomic E-state index is -4.41. The number of aromatic nitrogens is 3. The molecule has 1 unspecified atom stereocenters. The average Bonchev–Trinajstić information content (AvgIpc) is 3.01. The third-order valence-corrected chi connectivity index (χ3v) is 4.48. The largest absolute Gasteiger partial charge is 0.416 e. The quantitative estimate of drug-likeness (QED) is 0.783. The monoisotopic (exact) mass is 372 g/mol. The van der Waals surface area contributed by atoms with Gasteiger partial charge in [0.05, 0.1) is 17.4 Å². The standard InChI is InChI=1S/C16H19F3N4OS/c1-10(2)23-9-20-22-15(23)25-8-14(24)21-11(3)12-5-4-6-13(7-12)16(17,18)19/h4-7,9-11H,8H2,1-3H3,(H,21,24). The molecular formula is C16H19F3N4OS. The average molecular weight is 372 g/mol. The molecule has 0 saturated carbocycles. The molecule has 0 aliphatic rings. The second-order valence-electron chi connectivity index (χ2n) is 5.82. The minimum absolute atomic E-state index is 0.106. The van der Waals surface area contributed by atoms with E-state index in [1.807, 2.05) is 18.4 Å². The Morgan fingerprint density at radius 3 is 2.68 bits per heavy atom. The number of hydrogen-bond acceptors (Lipinski definition) is 4. The van der Waals surface area contributed by atoms with Gasteiger partial charge >= 0.3 is 6.18 Å². The zero-order valence-corrected chi connectivity index (χ0v) is 14.9. The SMILES string of the molecule is CC(NC(=O)CSc1nncn1C(C)C)c1cccc(C(F)(F)F)c1. The van der Waals surface area contributed by atoms with Gasteiger partial charge < -0.3 is 9.88 Å². The van der Waals surface area contributed by atoms with Crippen LogP contribution in [0.25, 0.3) is 0 Å². The fourth-order valence-corrected chi connectivity index (χ4v) is 3.03. The number of carbonyl (C=O) groups is 1. The molecule has 1 aromatic carbocycles. The molecule has 2 rings (SSSR count). The van der Waals surface area contributed by atoms with Crippen LogP contribution in [0, 0.1) is 0 Å². The van der Waals surface area contributed by atoms with E-state index in [1.165, 1.54) is 17.8 Å². The molecule has 0 saturated heterocycles. The van der Waals surface area contributed by atoms with Crippen LogP contribution in [0.1, 0.15) is 44.0 Å². The third kappa shape index (κ3) is 5.22. The Hall–Kier alpha value is -2.03. The summed E-state index contributed by atoms with van der Waals surface area (Å²) in [6.45, 7) is 5.60. The lowest BCUT2D eigenvalue weighted by molar-refractivity contribution is -0.137. The highest BCUT2D eigenvalue weighted by atomic mass is 32.2. The molecule has 0 bridgehead atoms. The maximum atomic E-state index is 12.8. The molecule has 1 aromatic heterocycles. The number of halogens is 3. The van der Waals surface area contributed by atoms with Crippen molar-refractivity contribution >= 4 is 17.7 Å². The van der Waals surface area contributed by atoms with Crippen LogP contribution >= 0.6 is 11.8 Å². The van der Waals surface area contributed by atoms with Gasteiger partial charge in [-0.15, -0.1) is 10.2 Å². The van der Waals surface area contributed by atoms with Crippen LogP contribution in [0.5, 0.6) is 0 Å². The lowest BCUT2D eigenvalue weighted by atomic mass is 10.0. The van der Waals surface area contributed by atoms with Crippen molar-refractivity contribution in [3.05, 3.63) is 41.7 Å². The lowest BCUT2D eigenvalue weighted by Crippen LogP contribution is -2.28.